The molecule has 14 heavy (non-hydrogen) atoms. The Labute approximate surface area is 81.1 Å². The van der Waals surface area contributed by atoms with Crippen LogP contribution in [-0.2, 0) is 6.18 Å². The molecule has 0 fully saturated rings. The summed E-state index contributed by atoms with van der Waals surface area (Å²) in [6.07, 6.45) is -4.27. The van der Waals surface area contributed by atoms with Crippen LogP contribution in [0.1, 0.15) is 11.1 Å². The van der Waals surface area contributed by atoms with Gasteiger partial charge in [-0.15, -0.1) is 0 Å². The molecule has 0 heterocycles. The largest absolute Gasteiger partial charge is 0.416 e. The van der Waals surface area contributed by atoms with Crippen molar-refractivity contribution in [3.05, 3.63) is 41.9 Å². The highest BCUT2D eigenvalue weighted by Crippen LogP contribution is 2.29. The second-order valence-corrected chi connectivity index (χ2v) is 3.08. The Balaban J connectivity index is 2.79. The molecule has 0 saturated carbocycles. The predicted octanol–water partition coefficient (Wildman–Crippen LogP) is 2.65. The van der Waals surface area contributed by atoms with Crippen molar-refractivity contribution in [1.29, 1.82) is 0 Å². The van der Waals surface area contributed by atoms with E-state index in [0.717, 1.165) is 12.1 Å². The smallest absolute Gasteiger partial charge is 0.296 e. The third kappa shape index (κ3) is 3.03. The molecule has 0 bridgehead atoms. The molecule has 1 aromatic rings. The number of benzene rings is 1. The summed E-state index contributed by atoms with van der Waals surface area (Å²) in [4.78, 5) is 1.66. The van der Waals surface area contributed by atoms with Crippen LogP contribution in [0.3, 0.4) is 0 Å². The molecular formula is C10H10F3N. The fraction of sp³-hybridized carbons (Fsp3) is 0.300. The van der Waals surface area contributed by atoms with Crippen LogP contribution < -0.4 is 0 Å². The molecule has 4 heteroatoms. The van der Waals surface area contributed by atoms with Crippen LogP contribution in [0.4, 0.5) is 13.2 Å². The second kappa shape index (κ2) is 4.00. The first kappa shape index (κ1) is 11.0. The number of alkyl halides is 3. The molecule has 0 aromatic heterocycles. The lowest BCUT2D eigenvalue weighted by atomic mass is 10.1. The summed E-state index contributed by atoms with van der Waals surface area (Å²) < 4.78 is 36.5. The van der Waals surface area contributed by atoms with Crippen LogP contribution in [-0.4, -0.2) is 19.0 Å². The van der Waals surface area contributed by atoms with Gasteiger partial charge in [-0.3, -0.25) is 4.90 Å². The molecule has 0 amide bonds. The molecule has 0 aliphatic rings. The zero-order valence-corrected chi connectivity index (χ0v) is 7.89. The zero-order chi connectivity index (χ0) is 10.8. The summed E-state index contributed by atoms with van der Waals surface area (Å²) in [7, 11) is 3.52. The van der Waals surface area contributed by atoms with Crippen LogP contribution in [0.25, 0.3) is 0 Å². The first-order valence-corrected chi connectivity index (χ1v) is 4.01. The zero-order valence-electron chi connectivity index (χ0n) is 7.89. The van der Waals surface area contributed by atoms with E-state index in [1.165, 1.54) is 12.1 Å². The highest BCUT2D eigenvalue weighted by Gasteiger charge is 2.29. The van der Waals surface area contributed by atoms with Crippen molar-refractivity contribution >= 4 is 0 Å². The minimum absolute atomic E-state index is 0.628. The number of rotatable bonds is 2. The predicted molar refractivity (Wildman–Crippen MR) is 47.5 cm³/mol. The average Bonchev–Trinajstić information content (AvgIpc) is 2.02. The number of hydrogen-bond acceptors (Lipinski definition) is 1. The van der Waals surface area contributed by atoms with E-state index in [0.29, 0.717) is 5.56 Å². The van der Waals surface area contributed by atoms with Gasteiger partial charge in [0.1, 0.15) is 0 Å². The molecule has 1 aromatic carbocycles. The van der Waals surface area contributed by atoms with E-state index < -0.39 is 11.7 Å². The van der Waals surface area contributed by atoms with Gasteiger partial charge in [-0.1, -0.05) is 12.1 Å². The Morgan fingerprint density at radius 1 is 1.07 bits per heavy atom. The fourth-order valence-electron chi connectivity index (χ4n) is 0.992. The third-order valence-corrected chi connectivity index (χ3v) is 1.56. The standard InChI is InChI=1S/C10H10F3N/c1-14(2)7-8-3-5-9(6-4-8)10(11,12)13/h3-6H,1-2H3. The molecule has 76 valence electrons. The van der Waals surface area contributed by atoms with Gasteiger partial charge in [0.05, 0.1) is 12.1 Å². The summed E-state index contributed by atoms with van der Waals surface area (Å²) in [6, 6.07) is 4.88. The Morgan fingerprint density at radius 2 is 1.57 bits per heavy atom. The lowest BCUT2D eigenvalue weighted by molar-refractivity contribution is -0.137. The van der Waals surface area contributed by atoms with E-state index in [1.807, 2.05) is 0 Å². The van der Waals surface area contributed by atoms with Crippen molar-refractivity contribution in [2.24, 2.45) is 0 Å². The Bertz CT molecular complexity index is 287. The van der Waals surface area contributed by atoms with Gasteiger partial charge in [-0.05, 0) is 31.8 Å². The maximum atomic E-state index is 12.2. The summed E-state index contributed by atoms with van der Waals surface area (Å²) in [5.41, 5.74) is -0.00944. The van der Waals surface area contributed by atoms with Crippen molar-refractivity contribution in [2.75, 3.05) is 14.1 Å². The monoisotopic (exact) mass is 201 g/mol. The molecule has 0 N–H and O–H groups in total. The minimum atomic E-state index is -4.27. The van der Waals surface area contributed by atoms with Crippen molar-refractivity contribution in [1.82, 2.24) is 4.90 Å². The Kier molecular flexibility index (Phi) is 3.16. The van der Waals surface area contributed by atoms with Gasteiger partial charge in [0.15, 0.2) is 0 Å². The maximum absolute atomic E-state index is 12.2. The molecule has 0 spiro atoms. The van der Waals surface area contributed by atoms with E-state index in [-0.39, 0.29) is 0 Å². The van der Waals surface area contributed by atoms with Gasteiger partial charge in [0.2, 0.25) is 0 Å². The molecule has 0 aliphatic carbocycles. The highest BCUT2D eigenvalue weighted by atomic mass is 19.4. The highest BCUT2D eigenvalue weighted by molar-refractivity contribution is 5.28. The van der Waals surface area contributed by atoms with Crippen molar-refractivity contribution in [2.45, 2.75) is 6.18 Å². The topological polar surface area (TPSA) is 3.24 Å². The lowest BCUT2D eigenvalue weighted by Gasteiger charge is -2.09. The van der Waals surface area contributed by atoms with Gasteiger partial charge in [0, 0.05) is 0 Å². The first-order chi connectivity index (χ1) is 6.39. The van der Waals surface area contributed by atoms with E-state index in [4.69, 9.17) is 0 Å². The van der Waals surface area contributed by atoms with Crippen molar-refractivity contribution in [3.8, 4) is 0 Å². The van der Waals surface area contributed by atoms with Crippen molar-refractivity contribution < 1.29 is 13.2 Å². The van der Waals surface area contributed by atoms with Crippen LogP contribution in [0, 0.1) is 6.54 Å². The first-order valence-electron chi connectivity index (χ1n) is 4.01. The normalized spacial score (nSPS) is 12.1. The molecule has 0 saturated heterocycles. The maximum Gasteiger partial charge on any atom is 0.416 e. The quantitative estimate of drug-likeness (QED) is 0.665. The minimum Gasteiger partial charge on any atom is -0.296 e. The molecule has 2 radical (unpaired) electrons. The molecular weight excluding hydrogens is 191 g/mol. The second-order valence-electron chi connectivity index (χ2n) is 3.08. The molecule has 0 unspecified atom stereocenters. The number of hydrogen-bond donors (Lipinski definition) is 0. The van der Waals surface area contributed by atoms with Crippen molar-refractivity contribution in [3.63, 3.8) is 0 Å². The molecule has 1 nitrogen and oxygen atoms in total. The van der Waals surface area contributed by atoms with Crippen LogP contribution in [0.2, 0.25) is 0 Å². The van der Waals surface area contributed by atoms with E-state index in [1.54, 1.807) is 19.0 Å². The average molecular weight is 201 g/mol. The summed E-state index contributed by atoms with van der Waals surface area (Å²) in [5, 5.41) is 0. The lowest BCUT2D eigenvalue weighted by Crippen LogP contribution is -2.09. The van der Waals surface area contributed by atoms with E-state index in [9.17, 15) is 13.2 Å². The fourth-order valence-corrected chi connectivity index (χ4v) is 0.992. The Hall–Kier alpha value is -1.03. The summed E-state index contributed by atoms with van der Waals surface area (Å²) in [6.45, 7) is 2.85. The number of halogens is 3. The SMILES string of the molecule is CN(C)[C]c1ccc(C(F)(F)F)cc1. The van der Waals surface area contributed by atoms with E-state index >= 15 is 0 Å². The van der Waals surface area contributed by atoms with Crippen LogP contribution in [0.15, 0.2) is 24.3 Å². The van der Waals surface area contributed by atoms with E-state index in [2.05, 4.69) is 6.54 Å². The van der Waals surface area contributed by atoms with Gasteiger partial charge in [-0.2, -0.15) is 13.2 Å². The molecule has 0 aliphatic heterocycles. The Morgan fingerprint density at radius 3 is 1.93 bits per heavy atom. The third-order valence-electron chi connectivity index (χ3n) is 1.56. The molecule has 0 atom stereocenters. The van der Waals surface area contributed by atoms with Gasteiger partial charge in [-0.25, -0.2) is 0 Å². The van der Waals surface area contributed by atoms with Crippen LogP contribution in [0.5, 0.6) is 0 Å². The summed E-state index contributed by atoms with van der Waals surface area (Å²) >= 11 is 0. The van der Waals surface area contributed by atoms with Gasteiger partial charge >= 0.3 is 6.18 Å². The molecule has 1 rings (SSSR count). The van der Waals surface area contributed by atoms with Gasteiger partial charge in [0.25, 0.3) is 0 Å². The van der Waals surface area contributed by atoms with Gasteiger partial charge < -0.3 is 0 Å². The number of nitrogens with zero attached hydrogens (tertiary/aromatic N) is 1. The summed E-state index contributed by atoms with van der Waals surface area (Å²) in [5.74, 6) is 0. The van der Waals surface area contributed by atoms with Crippen LogP contribution >= 0.6 is 0 Å².